The Balaban J connectivity index is 1.55. The van der Waals surface area contributed by atoms with Crippen molar-refractivity contribution < 1.29 is 18.7 Å². The van der Waals surface area contributed by atoms with Crippen molar-refractivity contribution in [2.24, 2.45) is 0 Å². The Kier molecular flexibility index (Phi) is 8.04. The summed E-state index contributed by atoms with van der Waals surface area (Å²) in [4.78, 5) is 14.0. The lowest BCUT2D eigenvalue weighted by atomic mass is 9.96. The van der Waals surface area contributed by atoms with Gasteiger partial charge in [-0.25, -0.2) is 4.39 Å². The van der Waals surface area contributed by atoms with Crippen LogP contribution in [0.3, 0.4) is 0 Å². The second kappa shape index (κ2) is 11.4. The second-order valence-electron chi connectivity index (χ2n) is 8.10. The van der Waals surface area contributed by atoms with Crippen LogP contribution in [0.25, 0.3) is 6.08 Å². The first-order valence-electron chi connectivity index (χ1n) is 11.2. The predicted molar refractivity (Wildman–Crippen MR) is 139 cm³/mol. The molecule has 0 unspecified atom stereocenters. The van der Waals surface area contributed by atoms with Crippen LogP contribution in [0.5, 0.6) is 11.5 Å². The molecule has 9 heteroatoms. The maximum atomic E-state index is 13.1. The highest BCUT2D eigenvalue weighted by molar-refractivity contribution is 9.10. The van der Waals surface area contributed by atoms with Crippen LogP contribution in [0, 0.1) is 28.5 Å². The van der Waals surface area contributed by atoms with E-state index >= 15 is 0 Å². The summed E-state index contributed by atoms with van der Waals surface area (Å²) in [6.45, 7) is 0.197. The molecule has 0 aliphatic heterocycles. The Morgan fingerprint density at radius 3 is 2.67 bits per heavy atom. The van der Waals surface area contributed by atoms with E-state index in [-0.39, 0.29) is 18.0 Å². The number of amides is 1. The molecular weight excluding hydrogens is 545 g/mol. The SMILES string of the molecule is COc1cc(/C=C(\C#N)C(=O)Nc2sc3c(c2C#N)CCCC3)cc(Br)c1OCc1ccc(F)cc1. The number of nitrogens with zero attached hydrogens (tertiary/aromatic N) is 2. The van der Waals surface area contributed by atoms with E-state index in [1.54, 1.807) is 24.3 Å². The molecule has 1 aliphatic carbocycles. The van der Waals surface area contributed by atoms with Crippen LogP contribution in [-0.2, 0) is 24.2 Å². The van der Waals surface area contributed by atoms with Gasteiger partial charge >= 0.3 is 0 Å². The van der Waals surface area contributed by atoms with Crippen molar-refractivity contribution in [3.05, 3.63) is 79.4 Å². The Labute approximate surface area is 220 Å². The molecule has 3 aromatic rings. The quantitative estimate of drug-likeness (QED) is 0.259. The fourth-order valence-electron chi connectivity index (χ4n) is 3.96. The van der Waals surface area contributed by atoms with Crippen LogP contribution in [-0.4, -0.2) is 13.0 Å². The maximum Gasteiger partial charge on any atom is 0.266 e. The van der Waals surface area contributed by atoms with E-state index < -0.39 is 5.91 Å². The minimum Gasteiger partial charge on any atom is -0.493 e. The van der Waals surface area contributed by atoms with Crippen molar-refractivity contribution in [2.75, 3.05) is 12.4 Å². The van der Waals surface area contributed by atoms with Gasteiger partial charge < -0.3 is 14.8 Å². The molecule has 0 bridgehead atoms. The number of aryl methyl sites for hydroxylation is 1. The average molecular weight is 566 g/mol. The minimum atomic E-state index is -0.584. The fraction of sp³-hybridized carbons (Fsp3) is 0.222. The van der Waals surface area contributed by atoms with Crippen LogP contribution < -0.4 is 14.8 Å². The van der Waals surface area contributed by atoms with Gasteiger partial charge in [0.15, 0.2) is 11.5 Å². The molecule has 1 aromatic heterocycles. The summed E-state index contributed by atoms with van der Waals surface area (Å²) >= 11 is 4.87. The molecule has 36 heavy (non-hydrogen) atoms. The molecule has 0 spiro atoms. The molecule has 6 nitrogen and oxygen atoms in total. The topological polar surface area (TPSA) is 95.1 Å². The van der Waals surface area contributed by atoms with Crippen LogP contribution >= 0.6 is 27.3 Å². The molecule has 1 heterocycles. The molecule has 0 radical (unpaired) electrons. The second-order valence-corrected chi connectivity index (χ2v) is 10.1. The number of carbonyl (C=O) groups is 1. The summed E-state index contributed by atoms with van der Waals surface area (Å²) in [6.07, 6.45) is 5.26. The summed E-state index contributed by atoms with van der Waals surface area (Å²) < 4.78 is 25.0. The lowest BCUT2D eigenvalue weighted by molar-refractivity contribution is -0.112. The first-order chi connectivity index (χ1) is 17.4. The standard InChI is InChI=1S/C27H21BrFN3O3S/c1-34-23-12-17(11-22(28)25(23)35-15-16-6-8-19(29)9-7-16)10-18(13-30)26(33)32-27-21(14-31)20-4-2-3-5-24(20)36-27/h6-12H,2-5,15H2,1H3,(H,32,33)/b18-10+. The average Bonchev–Trinajstić information content (AvgIpc) is 3.24. The summed E-state index contributed by atoms with van der Waals surface area (Å²) in [7, 11) is 1.49. The minimum absolute atomic E-state index is 0.112. The number of anilines is 1. The van der Waals surface area contributed by atoms with E-state index in [0.29, 0.717) is 32.1 Å². The number of rotatable bonds is 7. The third-order valence-corrected chi connectivity index (χ3v) is 7.53. The monoisotopic (exact) mass is 565 g/mol. The maximum absolute atomic E-state index is 13.1. The van der Waals surface area contributed by atoms with Gasteiger partial charge in [-0.3, -0.25) is 4.79 Å². The molecule has 0 saturated heterocycles. The van der Waals surface area contributed by atoms with Crippen molar-refractivity contribution in [1.82, 2.24) is 0 Å². The van der Waals surface area contributed by atoms with Crippen LogP contribution in [0.2, 0.25) is 0 Å². The van der Waals surface area contributed by atoms with Gasteiger partial charge in [-0.1, -0.05) is 12.1 Å². The number of thiophene rings is 1. The number of hydrogen-bond acceptors (Lipinski definition) is 6. The predicted octanol–water partition coefficient (Wildman–Crippen LogP) is 6.53. The summed E-state index contributed by atoms with van der Waals surface area (Å²) in [5, 5.41) is 22.5. The third kappa shape index (κ3) is 5.59. The lowest BCUT2D eigenvalue weighted by Gasteiger charge is -2.14. The molecule has 1 amide bonds. The lowest BCUT2D eigenvalue weighted by Crippen LogP contribution is -2.13. The van der Waals surface area contributed by atoms with Crippen molar-refractivity contribution >= 4 is 44.3 Å². The number of carbonyl (C=O) groups excluding carboxylic acids is 1. The van der Waals surface area contributed by atoms with E-state index in [0.717, 1.165) is 41.7 Å². The zero-order chi connectivity index (χ0) is 25.7. The number of benzene rings is 2. The molecule has 182 valence electrons. The molecule has 0 saturated carbocycles. The number of ether oxygens (including phenoxy) is 2. The highest BCUT2D eigenvalue weighted by Crippen LogP contribution is 2.39. The molecule has 2 aromatic carbocycles. The van der Waals surface area contributed by atoms with Gasteiger partial charge in [0, 0.05) is 4.88 Å². The van der Waals surface area contributed by atoms with Crippen molar-refractivity contribution in [1.29, 1.82) is 10.5 Å². The van der Waals surface area contributed by atoms with Crippen molar-refractivity contribution in [3.8, 4) is 23.6 Å². The van der Waals surface area contributed by atoms with Gasteiger partial charge in [-0.05, 0) is 88.6 Å². The van der Waals surface area contributed by atoms with E-state index in [1.807, 2.05) is 6.07 Å². The van der Waals surface area contributed by atoms with Gasteiger partial charge in [0.1, 0.15) is 35.1 Å². The van der Waals surface area contributed by atoms with Crippen molar-refractivity contribution in [3.63, 3.8) is 0 Å². The fourth-order valence-corrected chi connectivity index (χ4v) is 5.77. The highest BCUT2D eigenvalue weighted by atomic mass is 79.9. The zero-order valence-corrected chi connectivity index (χ0v) is 21.8. The molecule has 4 rings (SSSR count). The van der Waals surface area contributed by atoms with Gasteiger partial charge in [-0.2, -0.15) is 10.5 Å². The first kappa shape index (κ1) is 25.4. The van der Waals surface area contributed by atoms with E-state index in [2.05, 4.69) is 27.3 Å². The van der Waals surface area contributed by atoms with Crippen LogP contribution in [0.15, 0.2) is 46.4 Å². The highest BCUT2D eigenvalue weighted by Gasteiger charge is 2.23. The number of halogens is 2. The van der Waals surface area contributed by atoms with E-state index in [4.69, 9.17) is 9.47 Å². The van der Waals surface area contributed by atoms with Gasteiger partial charge in [0.2, 0.25) is 0 Å². The van der Waals surface area contributed by atoms with Gasteiger partial charge in [0.25, 0.3) is 5.91 Å². The van der Waals surface area contributed by atoms with Crippen molar-refractivity contribution in [2.45, 2.75) is 32.3 Å². The summed E-state index contributed by atoms with van der Waals surface area (Å²) in [5.74, 6) is -0.0780. The zero-order valence-electron chi connectivity index (χ0n) is 19.4. The largest absolute Gasteiger partial charge is 0.493 e. The van der Waals surface area contributed by atoms with E-state index in [9.17, 15) is 19.7 Å². The summed E-state index contributed by atoms with van der Waals surface area (Å²) in [6, 6.07) is 13.5. The summed E-state index contributed by atoms with van der Waals surface area (Å²) in [5.41, 5.74) is 2.72. The normalized spacial score (nSPS) is 12.8. The number of nitriles is 2. The Bertz CT molecular complexity index is 1420. The third-order valence-electron chi connectivity index (χ3n) is 5.73. The number of nitrogens with one attached hydrogen (secondary N) is 1. The van der Waals surface area contributed by atoms with Gasteiger partial charge in [0.05, 0.1) is 17.1 Å². The number of fused-ring (bicyclic) bond motifs is 1. The molecule has 0 atom stereocenters. The Hall–Kier alpha value is -3.66. The van der Waals surface area contributed by atoms with Crippen LogP contribution in [0.4, 0.5) is 9.39 Å². The smallest absolute Gasteiger partial charge is 0.266 e. The molecule has 0 fully saturated rings. The van der Waals surface area contributed by atoms with Crippen LogP contribution in [0.1, 0.15) is 40.0 Å². The van der Waals surface area contributed by atoms with E-state index in [1.165, 1.54) is 36.7 Å². The molecule has 1 aliphatic rings. The van der Waals surface area contributed by atoms with Gasteiger partial charge in [-0.15, -0.1) is 11.3 Å². The molecule has 1 N–H and O–H groups in total. The molecular formula is C27H21BrFN3O3S. The Morgan fingerprint density at radius 2 is 1.97 bits per heavy atom. The number of methoxy groups -OCH3 is 1. The number of hydrogen-bond donors (Lipinski definition) is 1. The first-order valence-corrected chi connectivity index (χ1v) is 12.8. The Morgan fingerprint density at radius 1 is 1.22 bits per heavy atom.